The first-order valence-corrected chi connectivity index (χ1v) is 14.3. The van der Waals surface area contributed by atoms with E-state index < -0.39 is 5.92 Å². The minimum Gasteiger partial charge on any atom is -0.349 e. The number of aliphatic imine (C=N–C) groups is 2. The van der Waals surface area contributed by atoms with E-state index in [1.165, 1.54) is 24.6 Å². The Kier molecular flexibility index (Phi) is 9.36. The number of hydrogen-bond acceptors (Lipinski definition) is 5. The molecule has 0 aliphatic carbocycles. The third-order valence-electron chi connectivity index (χ3n) is 7.09. The zero-order valence-corrected chi connectivity index (χ0v) is 23.8. The molecule has 3 heterocycles. The van der Waals surface area contributed by atoms with E-state index in [1.807, 2.05) is 68.3 Å². The molecule has 200 valence electrons. The Morgan fingerprint density at radius 3 is 1.53 bits per heavy atom. The molecule has 2 fully saturated rings. The third kappa shape index (κ3) is 6.16. The first-order chi connectivity index (χ1) is 18.4. The second-order valence-corrected chi connectivity index (χ2v) is 11.3. The number of likely N-dealkylation sites (tertiary alicyclic amines) is 2. The molecule has 0 N–H and O–H groups in total. The van der Waals surface area contributed by atoms with Gasteiger partial charge in [-0.05, 0) is 55.9 Å². The molecule has 1 aromatic rings. The quantitative estimate of drug-likeness (QED) is 0.410. The van der Waals surface area contributed by atoms with Crippen LogP contribution in [-0.4, -0.2) is 85.9 Å². The van der Waals surface area contributed by atoms with Gasteiger partial charge < -0.3 is 19.6 Å². The van der Waals surface area contributed by atoms with E-state index in [0.29, 0.717) is 21.2 Å². The predicted molar refractivity (Wildman–Crippen MR) is 155 cm³/mol. The van der Waals surface area contributed by atoms with E-state index >= 15 is 0 Å². The van der Waals surface area contributed by atoms with Crippen molar-refractivity contribution in [3.8, 4) is 12.1 Å². The Bertz CT molecular complexity index is 1110. The van der Waals surface area contributed by atoms with Crippen molar-refractivity contribution in [1.29, 1.82) is 10.5 Å². The number of thioether (sulfide) groups is 1. The summed E-state index contributed by atoms with van der Waals surface area (Å²) < 4.78 is 0. The summed E-state index contributed by atoms with van der Waals surface area (Å²) in [5, 5.41) is 22.1. The highest BCUT2D eigenvalue weighted by atomic mass is 32.2. The van der Waals surface area contributed by atoms with Gasteiger partial charge in [-0.1, -0.05) is 30.3 Å². The van der Waals surface area contributed by atoms with Crippen LogP contribution in [0.2, 0.25) is 0 Å². The number of allylic oxidation sites excluding steroid dienone is 2. The van der Waals surface area contributed by atoms with E-state index in [9.17, 15) is 10.5 Å². The molecule has 9 heteroatoms. The van der Waals surface area contributed by atoms with E-state index in [4.69, 9.17) is 9.98 Å². The van der Waals surface area contributed by atoms with Crippen molar-refractivity contribution in [3.05, 3.63) is 57.1 Å². The van der Waals surface area contributed by atoms with Gasteiger partial charge >= 0.3 is 0 Å². The van der Waals surface area contributed by atoms with Crippen LogP contribution in [-0.2, 0) is 0 Å². The Hall–Kier alpha value is -3.43. The standard InChI is InChI=1S/C29H38N8S/c1-34(2)28(36-16-10-6-11-17-36)32-26-23(20-30)25(22-14-8-5-9-15-22)24(21-31)27(38-26)33-29(35(3)4)37-18-12-7-13-19-37/h5,8-9,14-15,25H,6-7,10-13,16-19H2,1-4H3/b32-28-,33-29-. The highest BCUT2D eigenvalue weighted by Crippen LogP contribution is 2.47. The molecule has 8 nitrogen and oxygen atoms in total. The van der Waals surface area contributed by atoms with E-state index in [1.54, 1.807) is 0 Å². The molecule has 0 spiro atoms. The zero-order valence-electron chi connectivity index (χ0n) is 23.0. The summed E-state index contributed by atoms with van der Waals surface area (Å²) in [4.78, 5) is 18.9. The Labute approximate surface area is 231 Å². The highest BCUT2D eigenvalue weighted by molar-refractivity contribution is 8.06. The van der Waals surface area contributed by atoms with Gasteiger partial charge in [0, 0.05) is 54.4 Å². The summed E-state index contributed by atoms with van der Waals surface area (Å²) >= 11 is 1.35. The van der Waals surface area contributed by atoms with Crippen LogP contribution < -0.4 is 0 Å². The summed E-state index contributed by atoms with van der Waals surface area (Å²) in [5.74, 6) is 1.18. The normalized spacial score (nSPS) is 19.8. The molecule has 0 atom stereocenters. The molecule has 1 aromatic carbocycles. The smallest absolute Gasteiger partial charge is 0.201 e. The van der Waals surface area contributed by atoms with Crippen LogP contribution in [0.15, 0.2) is 61.5 Å². The first-order valence-electron chi connectivity index (χ1n) is 13.5. The summed E-state index contributed by atoms with van der Waals surface area (Å²) in [7, 11) is 7.99. The number of rotatable bonds is 3. The van der Waals surface area contributed by atoms with Gasteiger partial charge in [-0.15, -0.1) is 0 Å². The third-order valence-corrected chi connectivity index (χ3v) is 8.10. The second kappa shape index (κ2) is 12.9. The Morgan fingerprint density at radius 1 is 0.737 bits per heavy atom. The summed E-state index contributed by atoms with van der Waals surface area (Å²) in [6, 6.07) is 14.7. The molecule has 0 amide bonds. The Morgan fingerprint density at radius 2 is 1.16 bits per heavy atom. The highest BCUT2D eigenvalue weighted by Gasteiger charge is 2.34. The van der Waals surface area contributed by atoms with Gasteiger partial charge in [0.25, 0.3) is 0 Å². The van der Waals surface area contributed by atoms with Crippen molar-refractivity contribution in [3.63, 3.8) is 0 Å². The average Bonchev–Trinajstić information content (AvgIpc) is 2.95. The van der Waals surface area contributed by atoms with Gasteiger partial charge in [-0.2, -0.15) is 10.5 Å². The number of guanidine groups is 2. The number of hydrogen-bond donors (Lipinski definition) is 0. The van der Waals surface area contributed by atoms with Gasteiger partial charge in [0.1, 0.15) is 10.1 Å². The molecular weight excluding hydrogens is 492 g/mol. The predicted octanol–water partition coefficient (Wildman–Crippen LogP) is 4.79. The van der Waals surface area contributed by atoms with Crippen LogP contribution in [0.3, 0.4) is 0 Å². The summed E-state index contributed by atoms with van der Waals surface area (Å²) in [6.07, 6.45) is 6.98. The number of benzene rings is 1. The van der Waals surface area contributed by atoms with Crippen molar-refractivity contribution < 1.29 is 0 Å². The van der Waals surface area contributed by atoms with Gasteiger partial charge in [0.2, 0.25) is 11.9 Å². The molecule has 3 aliphatic heterocycles. The lowest BCUT2D eigenvalue weighted by molar-refractivity contribution is 0.309. The zero-order chi connectivity index (χ0) is 27.1. The Balaban J connectivity index is 1.88. The minimum atomic E-state index is -0.514. The molecule has 0 aromatic heterocycles. The maximum Gasteiger partial charge on any atom is 0.201 e. The van der Waals surface area contributed by atoms with Crippen molar-refractivity contribution in [1.82, 2.24) is 19.6 Å². The molecule has 38 heavy (non-hydrogen) atoms. The fourth-order valence-electron chi connectivity index (χ4n) is 5.24. The lowest BCUT2D eigenvalue weighted by Gasteiger charge is -2.34. The fourth-order valence-corrected chi connectivity index (χ4v) is 6.22. The fraction of sp³-hybridized carbons (Fsp3) is 0.517. The SMILES string of the molecule is CN(C)/C(=N/C1=C(C#N)C(c2ccccc2)C(C#N)=C(/N=C(/N(C)C)N2CCCCC2)S1)N1CCCCC1. The number of nitriles is 2. The van der Waals surface area contributed by atoms with Gasteiger partial charge in [0.15, 0.2) is 0 Å². The molecule has 0 saturated carbocycles. The maximum atomic E-state index is 10.4. The number of piperidine rings is 2. The van der Waals surface area contributed by atoms with Crippen molar-refractivity contribution >= 4 is 23.7 Å². The van der Waals surface area contributed by atoms with E-state index in [2.05, 4.69) is 21.9 Å². The molecule has 0 bridgehead atoms. The maximum absolute atomic E-state index is 10.4. The lowest BCUT2D eigenvalue weighted by Crippen LogP contribution is -2.43. The second-order valence-electron chi connectivity index (χ2n) is 10.3. The first kappa shape index (κ1) is 27.6. The topological polar surface area (TPSA) is 85.3 Å². The van der Waals surface area contributed by atoms with Crippen LogP contribution in [0.5, 0.6) is 0 Å². The van der Waals surface area contributed by atoms with Crippen molar-refractivity contribution in [2.45, 2.75) is 44.4 Å². The van der Waals surface area contributed by atoms with Gasteiger partial charge in [-0.3, -0.25) is 0 Å². The number of nitrogens with zero attached hydrogens (tertiary/aromatic N) is 8. The molecular formula is C29H38N8S. The average molecular weight is 531 g/mol. The van der Waals surface area contributed by atoms with Crippen LogP contribution >= 0.6 is 11.8 Å². The molecule has 2 saturated heterocycles. The molecule has 0 radical (unpaired) electrons. The van der Waals surface area contributed by atoms with Gasteiger partial charge in [0.05, 0.1) is 29.2 Å². The minimum absolute atomic E-state index is 0.498. The van der Waals surface area contributed by atoms with Crippen LogP contribution in [0, 0.1) is 22.7 Å². The van der Waals surface area contributed by atoms with E-state index in [0.717, 1.165) is 69.3 Å². The van der Waals surface area contributed by atoms with Gasteiger partial charge in [-0.25, -0.2) is 9.98 Å². The molecule has 0 unspecified atom stereocenters. The summed E-state index contributed by atoms with van der Waals surface area (Å²) in [6.45, 7) is 3.79. The van der Waals surface area contributed by atoms with Crippen molar-refractivity contribution in [2.24, 2.45) is 9.98 Å². The van der Waals surface area contributed by atoms with E-state index in [-0.39, 0.29) is 0 Å². The largest absolute Gasteiger partial charge is 0.349 e. The van der Waals surface area contributed by atoms with Crippen LogP contribution in [0.1, 0.15) is 50.0 Å². The molecule has 3 aliphatic rings. The summed E-state index contributed by atoms with van der Waals surface area (Å²) in [5.41, 5.74) is 1.89. The van der Waals surface area contributed by atoms with Crippen LogP contribution in [0.25, 0.3) is 0 Å². The van der Waals surface area contributed by atoms with Crippen LogP contribution in [0.4, 0.5) is 0 Å². The van der Waals surface area contributed by atoms with Crippen molar-refractivity contribution in [2.75, 3.05) is 54.4 Å². The monoisotopic (exact) mass is 530 g/mol. The molecule has 4 rings (SSSR count). The lowest BCUT2D eigenvalue weighted by atomic mass is 9.86.